The lowest BCUT2D eigenvalue weighted by molar-refractivity contribution is -0.131. The predicted molar refractivity (Wildman–Crippen MR) is 84.3 cm³/mol. The molecule has 0 N–H and O–H groups in total. The standard InChI is InChI=1S/C18H17N3O/c1-12(22)21-18(14-8-10-19-11-9-14)16-7-6-13-4-2-3-5-15(13)17(16)20-21/h2-5,8-11,16,18H,6-7H2,1H3. The third kappa shape index (κ3) is 1.95. The molecule has 22 heavy (non-hydrogen) atoms. The first-order valence-corrected chi connectivity index (χ1v) is 7.62. The summed E-state index contributed by atoms with van der Waals surface area (Å²) in [7, 11) is 0. The van der Waals surface area contributed by atoms with Crippen molar-refractivity contribution in [1.29, 1.82) is 0 Å². The lowest BCUT2D eigenvalue weighted by atomic mass is 9.77. The first-order valence-electron chi connectivity index (χ1n) is 7.62. The third-order valence-electron chi connectivity index (χ3n) is 4.60. The number of aryl methyl sites for hydroxylation is 1. The maximum absolute atomic E-state index is 12.1. The van der Waals surface area contributed by atoms with Crippen LogP contribution >= 0.6 is 0 Å². The molecular formula is C18H17N3O. The van der Waals surface area contributed by atoms with Gasteiger partial charge in [-0.1, -0.05) is 24.3 Å². The molecule has 2 atom stereocenters. The highest BCUT2D eigenvalue weighted by molar-refractivity contribution is 6.06. The van der Waals surface area contributed by atoms with E-state index in [0.717, 1.165) is 24.1 Å². The fraction of sp³-hybridized carbons (Fsp3) is 0.278. The van der Waals surface area contributed by atoms with Gasteiger partial charge in [-0.05, 0) is 36.1 Å². The molecular weight excluding hydrogens is 274 g/mol. The molecule has 2 unspecified atom stereocenters. The van der Waals surface area contributed by atoms with Crippen LogP contribution in [0.15, 0.2) is 53.9 Å². The molecule has 110 valence electrons. The van der Waals surface area contributed by atoms with Gasteiger partial charge in [-0.2, -0.15) is 5.10 Å². The van der Waals surface area contributed by atoms with Gasteiger partial charge in [0.25, 0.3) is 0 Å². The monoisotopic (exact) mass is 291 g/mol. The van der Waals surface area contributed by atoms with E-state index in [9.17, 15) is 4.79 Å². The molecule has 0 spiro atoms. The second-order valence-electron chi connectivity index (χ2n) is 5.88. The van der Waals surface area contributed by atoms with Crippen molar-refractivity contribution in [2.24, 2.45) is 11.0 Å². The molecule has 0 saturated carbocycles. The number of carbonyl (C=O) groups is 1. The van der Waals surface area contributed by atoms with Crippen LogP contribution in [0.2, 0.25) is 0 Å². The lowest BCUT2D eigenvalue weighted by Crippen LogP contribution is -2.31. The van der Waals surface area contributed by atoms with Gasteiger partial charge in [0.05, 0.1) is 11.8 Å². The van der Waals surface area contributed by atoms with Crippen molar-refractivity contribution in [3.63, 3.8) is 0 Å². The fourth-order valence-corrected chi connectivity index (χ4v) is 3.62. The molecule has 4 heteroatoms. The van der Waals surface area contributed by atoms with Gasteiger partial charge in [0.1, 0.15) is 0 Å². The first-order chi connectivity index (χ1) is 10.8. The van der Waals surface area contributed by atoms with Crippen LogP contribution in [0.3, 0.4) is 0 Å². The van der Waals surface area contributed by atoms with Crippen molar-refractivity contribution < 1.29 is 4.79 Å². The molecule has 0 radical (unpaired) electrons. The summed E-state index contributed by atoms with van der Waals surface area (Å²) in [6, 6.07) is 12.3. The van der Waals surface area contributed by atoms with E-state index in [1.807, 2.05) is 18.2 Å². The fourth-order valence-electron chi connectivity index (χ4n) is 3.62. The highest BCUT2D eigenvalue weighted by atomic mass is 16.2. The topological polar surface area (TPSA) is 45.6 Å². The number of fused-ring (bicyclic) bond motifs is 3. The summed E-state index contributed by atoms with van der Waals surface area (Å²) >= 11 is 0. The molecule has 2 heterocycles. The van der Waals surface area contributed by atoms with E-state index in [2.05, 4.69) is 28.3 Å². The molecule has 1 aliphatic heterocycles. The summed E-state index contributed by atoms with van der Waals surface area (Å²) in [5.41, 5.74) is 4.69. The van der Waals surface area contributed by atoms with E-state index in [0.29, 0.717) is 0 Å². The molecule has 1 aliphatic carbocycles. The van der Waals surface area contributed by atoms with E-state index in [1.165, 1.54) is 11.1 Å². The van der Waals surface area contributed by atoms with Gasteiger partial charge in [-0.3, -0.25) is 9.78 Å². The van der Waals surface area contributed by atoms with Crippen LogP contribution in [0.5, 0.6) is 0 Å². The summed E-state index contributed by atoms with van der Waals surface area (Å²) in [4.78, 5) is 16.2. The Morgan fingerprint density at radius 2 is 1.95 bits per heavy atom. The van der Waals surface area contributed by atoms with E-state index in [4.69, 9.17) is 0 Å². The van der Waals surface area contributed by atoms with Gasteiger partial charge in [-0.15, -0.1) is 0 Å². The van der Waals surface area contributed by atoms with Crippen molar-refractivity contribution in [2.75, 3.05) is 0 Å². The van der Waals surface area contributed by atoms with E-state index >= 15 is 0 Å². The summed E-state index contributed by atoms with van der Waals surface area (Å²) < 4.78 is 0. The molecule has 1 aromatic carbocycles. The smallest absolute Gasteiger partial charge is 0.240 e. The number of hydrogen-bond acceptors (Lipinski definition) is 3. The molecule has 0 saturated heterocycles. The molecule has 1 aromatic heterocycles. The van der Waals surface area contributed by atoms with Crippen molar-refractivity contribution in [3.8, 4) is 0 Å². The first kappa shape index (κ1) is 13.2. The summed E-state index contributed by atoms with van der Waals surface area (Å²) in [5, 5.41) is 6.34. The number of benzene rings is 1. The van der Waals surface area contributed by atoms with Crippen LogP contribution in [-0.4, -0.2) is 21.6 Å². The molecule has 1 amide bonds. The molecule has 2 aliphatic rings. The Hall–Kier alpha value is -2.49. The third-order valence-corrected chi connectivity index (χ3v) is 4.60. The molecule has 4 nitrogen and oxygen atoms in total. The van der Waals surface area contributed by atoms with Crippen LogP contribution in [0, 0.1) is 5.92 Å². The normalized spacial score (nSPS) is 22.8. The van der Waals surface area contributed by atoms with Gasteiger partial charge in [0.2, 0.25) is 5.91 Å². The van der Waals surface area contributed by atoms with Gasteiger partial charge in [0, 0.05) is 30.8 Å². The van der Waals surface area contributed by atoms with Gasteiger partial charge in [-0.25, -0.2) is 5.01 Å². The van der Waals surface area contributed by atoms with Gasteiger partial charge in [0.15, 0.2) is 0 Å². The molecule has 0 fully saturated rings. The van der Waals surface area contributed by atoms with Crippen molar-refractivity contribution >= 4 is 11.6 Å². The van der Waals surface area contributed by atoms with Crippen LogP contribution in [0.1, 0.15) is 36.1 Å². The Morgan fingerprint density at radius 3 is 2.73 bits per heavy atom. The largest absolute Gasteiger partial charge is 0.273 e. The minimum Gasteiger partial charge on any atom is -0.273 e. The Kier molecular flexibility index (Phi) is 3.03. The summed E-state index contributed by atoms with van der Waals surface area (Å²) in [5.74, 6) is 0.252. The Labute approximate surface area is 129 Å². The number of rotatable bonds is 1. The number of hydrogen-bond donors (Lipinski definition) is 0. The zero-order chi connectivity index (χ0) is 15.1. The number of aromatic nitrogens is 1. The van der Waals surface area contributed by atoms with Crippen LogP contribution in [-0.2, 0) is 11.2 Å². The number of hydrazone groups is 1. The maximum atomic E-state index is 12.1. The zero-order valence-electron chi connectivity index (χ0n) is 12.4. The number of carbonyl (C=O) groups excluding carboxylic acids is 1. The maximum Gasteiger partial charge on any atom is 0.240 e. The number of amides is 1. The van der Waals surface area contributed by atoms with Gasteiger partial charge >= 0.3 is 0 Å². The number of pyridine rings is 1. The molecule has 4 rings (SSSR count). The Morgan fingerprint density at radius 1 is 1.18 bits per heavy atom. The quantitative estimate of drug-likeness (QED) is 0.811. The van der Waals surface area contributed by atoms with E-state index in [-0.39, 0.29) is 17.9 Å². The van der Waals surface area contributed by atoms with E-state index < -0.39 is 0 Å². The lowest BCUT2D eigenvalue weighted by Gasteiger charge is -2.29. The van der Waals surface area contributed by atoms with Crippen LogP contribution in [0.25, 0.3) is 0 Å². The minimum absolute atomic E-state index is 0.0103. The van der Waals surface area contributed by atoms with Crippen molar-refractivity contribution in [2.45, 2.75) is 25.8 Å². The zero-order valence-corrected chi connectivity index (χ0v) is 12.4. The van der Waals surface area contributed by atoms with Crippen LogP contribution < -0.4 is 0 Å². The highest BCUT2D eigenvalue weighted by Gasteiger charge is 2.42. The number of nitrogens with zero attached hydrogens (tertiary/aromatic N) is 3. The van der Waals surface area contributed by atoms with Gasteiger partial charge < -0.3 is 0 Å². The molecule has 0 bridgehead atoms. The Bertz CT molecular complexity index is 754. The second kappa shape index (κ2) is 5.05. The minimum atomic E-state index is -0.0128. The van der Waals surface area contributed by atoms with Crippen molar-refractivity contribution in [3.05, 3.63) is 65.5 Å². The summed E-state index contributed by atoms with van der Waals surface area (Å²) in [6.45, 7) is 1.58. The molecule has 2 aromatic rings. The Balaban J connectivity index is 1.82. The second-order valence-corrected chi connectivity index (χ2v) is 5.88. The van der Waals surface area contributed by atoms with Crippen LogP contribution in [0.4, 0.5) is 0 Å². The van der Waals surface area contributed by atoms with Crippen molar-refractivity contribution in [1.82, 2.24) is 9.99 Å². The summed E-state index contributed by atoms with van der Waals surface area (Å²) in [6.07, 6.45) is 5.62. The average Bonchev–Trinajstić information content (AvgIpc) is 2.96. The SMILES string of the molecule is CC(=O)N1N=C2c3ccccc3CCC2C1c1ccncc1. The predicted octanol–water partition coefficient (Wildman–Crippen LogP) is 2.95. The van der Waals surface area contributed by atoms with E-state index in [1.54, 1.807) is 24.3 Å². The average molecular weight is 291 g/mol. The highest BCUT2D eigenvalue weighted by Crippen LogP contribution is 2.43.